The molecule has 1 unspecified atom stereocenters. The Bertz CT molecular complexity index is 337. The van der Waals surface area contributed by atoms with Crippen molar-refractivity contribution in [3.8, 4) is 0 Å². The van der Waals surface area contributed by atoms with Crippen molar-refractivity contribution < 1.29 is 84.2 Å². The Hall–Kier alpha value is 0.486. The van der Waals surface area contributed by atoms with Crippen molar-refractivity contribution in [2.24, 2.45) is 0 Å². The Kier molecular flexibility index (Phi) is 16.4. The van der Waals surface area contributed by atoms with E-state index < -0.39 is 33.7 Å². The zero-order chi connectivity index (χ0) is 14.1. The van der Waals surface area contributed by atoms with Gasteiger partial charge in [0, 0.05) is 0 Å². The van der Waals surface area contributed by atoms with Crippen LogP contribution in [0, 0.1) is 6.92 Å². The van der Waals surface area contributed by atoms with Crippen molar-refractivity contribution in [2.45, 2.75) is 37.9 Å². The van der Waals surface area contributed by atoms with Gasteiger partial charge in [0.25, 0.3) is 10.1 Å². The molecule has 0 bridgehead atoms. The van der Waals surface area contributed by atoms with E-state index >= 15 is 0 Å². The summed E-state index contributed by atoms with van der Waals surface area (Å²) in [5, 5.41) is 13.9. The van der Waals surface area contributed by atoms with E-state index in [4.69, 9.17) is 14.8 Å². The van der Waals surface area contributed by atoms with E-state index in [0.29, 0.717) is 0 Å². The van der Waals surface area contributed by atoms with Gasteiger partial charge in [0.15, 0.2) is 5.25 Å². The van der Waals surface area contributed by atoms with Crippen LogP contribution in [0.15, 0.2) is 0 Å². The molecule has 3 N–H and O–H groups in total. The van der Waals surface area contributed by atoms with Gasteiger partial charge in [-0.2, -0.15) is 14.8 Å². The number of carboxylic acid groups (broad SMARTS) is 2. The van der Waals surface area contributed by atoms with Crippen molar-refractivity contribution in [3.63, 3.8) is 0 Å². The van der Waals surface area contributed by atoms with Gasteiger partial charge in [-0.15, -0.1) is 0 Å². The first-order valence-electron chi connectivity index (χ1n) is 4.86. The molecule has 0 aromatic carbocycles. The summed E-state index contributed by atoms with van der Waals surface area (Å²) in [4.78, 5) is 20.0. The van der Waals surface area contributed by atoms with Crippen LogP contribution < -0.4 is 51.4 Å². The van der Waals surface area contributed by atoms with Gasteiger partial charge in [-0.1, -0.05) is 19.8 Å². The number of carboxylic acids is 2. The third-order valence-electron chi connectivity index (χ3n) is 1.60. The minimum absolute atomic E-state index is 0. The predicted octanol–water partition coefficient (Wildman–Crippen LogP) is -2.18. The van der Waals surface area contributed by atoms with Gasteiger partial charge in [-0.05, 0) is 0 Å². The Labute approximate surface area is 149 Å². The molecule has 0 amide bonds. The van der Waals surface area contributed by atoms with Crippen molar-refractivity contribution in [1.29, 1.82) is 0 Å². The van der Waals surface area contributed by atoms with Gasteiger partial charge >= 0.3 is 63.3 Å². The van der Waals surface area contributed by atoms with Gasteiger partial charge in [-0.3, -0.25) is 14.1 Å². The summed E-state index contributed by atoms with van der Waals surface area (Å²) in [7, 11) is -4.84. The SMILES string of the molecule is O=C(O)CC(C(=O)O)S(=O)(=O)O.[CH2-]CCCC.[K+]. The molecule has 9 heteroatoms. The summed E-state index contributed by atoms with van der Waals surface area (Å²) in [5.41, 5.74) is 0. The van der Waals surface area contributed by atoms with Crippen LogP contribution in [0.25, 0.3) is 0 Å². The van der Waals surface area contributed by atoms with E-state index in [2.05, 4.69) is 13.8 Å². The molecule has 0 saturated carbocycles. The van der Waals surface area contributed by atoms with Gasteiger partial charge in [0.05, 0.1) is 6.42 Å². The molecular weight excluding hydrogens is 291 g/mol. The first-order chi connectivity index (χ1) is 7.66. The summed E-state index contributed by atoms with van der Waals surface area (Å²) in [6.07, 6.45) is 2.49. The number of unbranched alkanes of at least 4 members (excludes halogenated alkanes) is 2. The first kappa shape index (κ1) is 23.6. The number of hydrogen-bond acceptors (Lipinski definition) is 4. The summed E-state index contributed by atoms with van der Waals surface area (Å²) in [6.45, 7) is 5.85. The van der Waals surface area contributed by atoms with E-state index in [-0.39, 0.29) is 51.4 Å². The molecular formula is C9H17KO7S. The predicted molar refractivity (Wildman–Crippen MR) is 60.1 cm³/mol. The van der Waals surface area contributed by atoms with Crippen LogP contribution in [0.1, 0.15) is 32.6 Å². The molecule has 0 aliphatic rings. The van der Waals surface area contributed by atoms with Gasteiger partial charge in [0.2, 0.25) is 0 Å². The fraction of sp³-hybridized carbons (Fsp3) is 0.667. The molecule has 0 radical (unpaired) electrons. The average molecular weight is 308 g/mol. The summed E-state index contributed by atoms with van der Waals surface area (Å²) < 4.78 is 28.7. The van der Waals surface area contributed by atoms with E-state index in [1.807, 2.05) is 0 Å². The van der Waals surface area contributed by atoms with Crippen molar-refractivity contribution >= 4 is 22.1 Å². The van der Waals surface area contributed by atoms with Gasteiger partial charge in [0.1, 0.15) is 0 Å². The van der Waals surface area contributed by atoms with Crippen LogP contribution in [-0.4, -0.2) is 40.4 Å². The minimum Gasteiger partial charge on any atom is -0.481 e. The monoisotopic (exact) mass is 308 g/mol. The second-order valence-corrected chi connectivity index (χ2v) is 4.75. The van der Waals surface area contributed by atoms with E-state index in [0.717, 1.165) is 6.42 Å². The van der Waals surface area contributed by atoms with Crippen molar-refractivity contribution in [1.82, 2.24) is 0 Å². The Balaban J connectivity index is -0.000000321. The zero-order valence-corrected chi connectivity index (χ0v) is 14.4. The molecule has 1 atom stereocenters. The molecule has 0 aromatic rings. The quantitative estimate of drug-likeness (QED) is 0.289. The third kappa shape index (κ3) is 14.5. The smallest absolute Gasteiger partial charge is 0.481 e. The van der Waals surface area contributed by atoms with E-state index in [1.165, 1.54) is 12.8 Å². The van der Waals surface area contributed by atoms with E-state index in [9.17, 15) is 18.0 Å². The fourth-order valence-electron chi connectivity index (χ4n) is 0.729. The second-order valence-electron chi connectivity index (χ2n) is 3.15. The first-order valence-corrected chi connectivity index (χ1v) is 6.37. The molecule has 0 aliphatic carbocycles. The minimum atomic E-state index is -4.84. The van der Waals surface area contributed by atoms with Crippen LogP contribution >= 0.6 is 0 Å². The van der Waals surface area contributed by atoms with Crippen molar-refractivity contribution in [3.05, 3.63) is 6.92 Å². The topological polar surface area (TPSA) is 129 Å². The molecule has 102 valence electrons. The molecule has 0 aromatic heterocycles. The Morgan fingerprint density at radius 1 is 1.28 bits per heavy atom. The molecule has 0 saturated heterocycles. The average Bonchev–Trinajstić information content (AvgIpc) is 2.14. The van der Waals surface area contributed by atoms with Crippen LogP contribution in [0.3, 0.4) is 0 Å². The van der Waals surface area contributed by atoms with Crippen LogP contribution in [0.2, 0.25) is 0 Å². The largest absolute Gasteiger partial charge is 1.00 e. The molecule has 7 nitrogen and oxygen atoms in total. The zero-order valence-electron chi connectivity index (χ0n) is 10.5. The molecule has 0 spiro atoms. The van der Waals surface area contributed by atoms with Gasteiger partial charge < -0.3 is 17.1 Å². The molecule has 0 fully saturated rings. The van der Waals surface area contributed by atoms with Crippen LogP contribution in [0.5, 0.6) is 0 Å². The van der Waals surface area contributed by atoms with Crippen LogP contribution in [-0.2, 0) is 19.7 Å². The molecule has 0 rings (SSSR count). The maximum atomic E-state index is 10.2. The molecule has 0 heterocycles. The summed E-state index contributed by atoms with van der Waals surface area (Å²) in [5.74, 6) is -3.50. The number of rotatable bonds is 6. The van der Waals surface area contributed by atoms with E-state index in [1.54, 1.807) is 0 Å². The molecule has 0 aliphatic heterocycles. The maximum absolute atomic E-state index is 10.2. The number of aliphatic carboxylic acids is 2. The fourth-order valence-corrected chi connectivity index (χ4v) is 1.34. The van der Waals surface area contributed by atoms with Crippen molar-refractivity contribution in [2.75, 3.05) is 0 Å². The summed E-state index contributed by atoms with van der Waals surface area (Å²) in [6, 6.07) is 0. The number of carbonyl (C=O) groups is 2. The maximum Gasteiger partial charge on any atom is 1.00 e. The van der Waals surface area contributed by atoms with Crippen LogP contribution in [0.4, 0.5) is 0 Å². The molecule has 18 heavy (non-hydrogen) atoms. The third-order valence-corrected chi connectivity index (χ3v) is 2.69. The Morgan fingerprint density at radius 2 is 1.72 bits per heavy atom. The second kappa shape index (κ2) is 12.5. The normalized spacial score (nSPS) is 11.5. The Morgan fingerprint density at radius 3 is 1.78 bits per heavy atom. The number of hydrogen-bond donors (Lipinski definition) is 3. The standard InChI is InChI=1S/C5H11.C4H6O7S.K/c1-3-5-4-2;5-3(6)1-2(4(7)8)12(9,10)11;/h1,3-5H2,2H3;2H,1H2,(H,5,6)(H,7,8)(H,9,10,11);/q-1;;+1. The van der Waals surface area contributed by atoms with Gasteiger partial charge in [-0.25, -0.2) is 0 Å². The summed E-state index contributed by atoms with van der Waals surface area (Å²) >= 11 is 0.